The lowest BCUT2D eigenvalue weighted by molar-refractivity contribution is 0.0963. The van der Waals surface area contributed by atoms with Crippen LogP contribution in [0.4, 0.5) is 10.5 Å². The van der Waals surface area contributed by atoms with Gasteiger partial charge in [0.25, 0.3) is 5.91 Å². The number of hydrogen-bond donors (Lipinski definition) is 2. The van der Waals surface area contributed by atoms with Crippen molar-refractivity contribution in [3.8, 4) is 0 Å². The zero-order valence-corrected chi connectivity index (χ0v) is 14.4. The summed E-state index contributed by atoms with van der Waals surface area (Å²) in [5.74, 6) is -0.298. The third-order valence-corrected chi connectivity index (χ3v) is 3.90. The van der Waals surface area contributed by atoms with Gasteiger partial charge in [0.1, 0.15) is 0 Å². The summed E-state index contributed by atoms with van der Waals surface area (Å²) >= 11 is 6.02. The van der Waals surface area contributed by atoms with Gasteiger partial charge in [-0.25, -0.2) is 4.79 Å². The largest absolute Gasteiger partial charge is 0.355 e. The first kappa shape index (κ1) is 17.8. The monoisotopic (exact) mass is 345 g/mol. The second-order valence-corrected chi connectivity index (χ2v) is 5.61. The van der Waals surface area contributed by atoms with E-state index in [1.165, 1.54) is 7.05 Å². The molecule has 0 aliphatic rings. The number of urea groups is 1. The molecule has 2 N–H and O–H groups in total. The summed E-state index contributed by atoms with van der Waals surface area (Å²) in [6, 6.07) is 14.4. The van der Waals surface area contributed by atoms with E-state index in [2.05, 4.69) is 10.6 Å². The molecule has 6 heteroatoms. The van der Waals surface area contributed by atoms with E-state index in [1.807, 2.05) is 37.3 Å². The van der Waals surface area contributed by atoms with Crippen LogP contribution in [0.5, 0.6) is 0 Å². The van der Waals surface area contributed by atoms with Gasteiger partial charge in [-0.2, -0.15) is 0 Å². The summed E-state index contributed by atoms with van der Waals surface area (Å²) in [5.41, 5.74) is 1.90. The van der Waals surface area contributed by atoms with Crippen LogP contribution in [0.25, 0.3) is 0 Å². The van der Waals surface area contributed by atoms with Gasteiger partial charge in [0.05, 0.1) is 10.6 Å². The zero-order chi connectivity index (χ0) is 17.5. The van der Waals surface area contributed by atoms with Crippen molar-refractivity contribution in [2.75, 3.05) is 18.9 Å². The maximum Gasteiger partial charge on any atom is 0.322 e. The fraction of sp³-hybridized carbons (Fsp3) is 0.222. The summed E-state index contributed by atoms with van der Waals surface area (Å²) in [6.07, 6.45) is 0. The molecule has 2 rings (SSSR count). The lowest BCUT2D eigenvalue weighted by Crippen LogP contribution is -2.34. The van der Waals surface area contributed by atoms with E-state index in [-0.39, 0.29) is 11.9 Å². The maximum absolute atomic E-state index is 12.5. The van der Waals surface area contributed by atoms with Gasteiger partial charge in [0.15, 0.2) is 0 Å². The third-order valence-electron chi connectivity index (χ3n) is 3.57. The van der Waals surface area contributed by atoms with Crippen LogP contribution in [0.15, 0.2) is 48.5 Å². The van der Waals surface area contributed by atoms with Crippen LogP contribution < -0.4 is 10.6 Å². The fourth-order valence-electron chi connectivity index (χ4n) is 2.25. The van der Waals surface area contributed by atoms with Crippen LogP contribution >= 0.6 is 11.6 Å². The SMILES string of the molecule is CCN(Cc1ccccc1)C(=O)Nc1ccc(Cl)c(C(=O)NC)c1. The number of anilines is 1. The first-order valence-corrected chi connectivity index (χ1v) is 8.04. The van der Waals surface area contributed by atoms with Crippen LogP contribution in [0, 0.1) is 0 Å². The van der Waals surface area contributed by atoms with Crippen LogP contribution in [0.2, 0.25) is 5.02 Å². The Labute approximate surface area is 146 Å². The molecule has 0 radical (unpaired) electrons. The van der Waals surface area contributed by atoms with Gasteiger partial charge in [-0.05, 0) is 30.7 Å². The van der Waals surface area contributed by atoms with Crippen molar-refractivity contribution in [1.29, 1.82) is 0 Å². The average molecular weight is 346 g/mol. The standard InChI is InChI=1S/C18H20ClN3O2/c1-3-22(12-13-7-5-4-6-8-13)18(24)21-14-9-10-16(19)15(11-14)17(23)20-2/h4-11H,3,12H2,1-2H3,(H,20,23)(H,21,24). The molecule has 0 saturated heterocycles. The minimum Gasteiger partial charge on any atom is -0.355 e. The second-order valence-electron chi connectivity index (χ2n) is 5.20. The molecule has 0 saturated carbocycles. The molecule has 126 valence electrons. The van der Waals surface area contributed by atoms with Gasteiger partial charge in [-0.3, -0.25) is 4.79 Å². The molecular weight excluding hydrogens is 326 g/mol. The summed E-state index contributed by atoms with van der Waals surface area (Å²) in [5, 5.41) is 5.67. The highest BCUT2D eigenvalue weighted by molar-refractivity contribution is 6.34. The van der Waals surface area contributed by atoms with Gasteiger partial charge in [0, 0.05) is 25.8 Å². The van der Waals surface area contributed by atoms with E-state index in [4.69, 9.17) is 11.6 Å². The van der Waals surface area contributed by atoms with Crippen molar-refractivity contribution in [1.82, 2.24) is 10.2 Å². The number of nitrogens with one attached hydrogen (secondary N) is 2. The average Bonchev–Trinajstić information content (AvgIpc) is 2.61. The Bertz CT molecular complexity index is 719. The zero-order valence-electron chi connectivity index (χ0n) is 13.7. The molecule has 0 fully saturated rings. The summed E-state index contributed by atoms with van der Waals surface area (Å²) < 4.78 is 0. The molecule has 2 aromatic carbocycles. The molecule has 0 spiro atoms. The summed E-state index contributed by atoms with van der Waals surface area (Å²) in [6.45, 7) is 3.00. The second kappa shape index (κ2) is 8.36. The molecule has 0 heterocycles. The molecule has 0 unspecified atom stereocenters. The molecule has 0 aliphatic heterocycles. The van der Waals surface area contributed by atoms with Crippen LogP contribution in [0.1, 0.15) is 22.8 Å². The topological polar surface area (TPSA) is 61.4 Å². The van der Waals surface area contributed by atoms with E-state index >= 15 is 0 Å². The molecule has 24 heavy (non-hydrogen) atoms. The van der Waals surface area contributed by atoms with Crippen molar-refractivity contribution < 1.29 is 9.59 Å². The van der Waals surface area contributed by atoms with Crippen LogP contribution in [-0.4, -0.2) is 30.4 Å². The molecule has 2 aromatic rings. The van der Waals surface area contributed by atoms with Gasteiger partial charge < -0.3 is 15.5 Å². The first-order valence-electron chi connectivity index (χ1n) is 7.66. The van der Waals surface area contributed by atoms with E-state index in [9.17, 15) is 9.59 Å². The molecule has 5 nitrogen and oxygen atoms in total. The number of benzene rings is 2. The highest BCUT2D eigenvalue weighted by Gasteiger charge is 2.14. The van der Waals surface area contributed by atoms with Crippen molar-refractivity contribution in [3.63, 3.8) is 0 Å². The molecule has 3 amide bonds. The summed E-state index contributed by atoms with van der Waals surface area (Å²) in [4.78, 5) is 25.9. The van der Waals surface area contributed by atoms with Crippen molar-refractivity contribution >= 4 is 29.2 Å². The van der Waals surface area contributed by atoms with Crippen molar-refractivity contribution in [2.45, 2.75) is 13.5 Å². The number of hydrogen-bond acceptors (Lipinski definition) is 2. The number of nitrogens with zero attached hydrogens (tertiary/aromatic N) is 1. The van der Waals surface area contributed by atoms with Crippen LogP contribution in [0.3, 0.4) is 0 Å². The van der Waals surface area contributed by atoms with Crippen molar-refractivity contribution in [3.05, 3.63) is 64.7 Å². The number of carbonyl (C=O) groups excluding carboxylic acids is 2. The van der Waals surface area contributed by atoms with Crippen molar-refractivity contribution in [2.24, 2.45) is 0 Å². The van der Waals surface area contributed by atoms with Crippen LogP contribution in [-0.2, 0) is 6.54 Å². The minimum absolute atomic E-state index is 0.230. The van der Waals surface area contributed by atoms with E-state index in [0.717, 1.165) is 5.56 Å². The quantitative estimate of drug-likeness (QED) is 0.866. The van der Waals surface area contributed by atoms with E-state index < -0.39 is 0 Å². The maximum atomic E-state index is 12.5. The Balaban J connectivity index is 2.11. The molecule has 0 aromatic heterocycles. The van der Waals surface area contributed by atoms with Gasteiger partial charge in [-0.1, -0.05) is 41.9 Å². The van der Waals surface area contributed by atoms with Gasteiger partial charge >= 0.3 is 6.03 Å². The predicted octanol–water partition coefficient (Wildman–Crippen LogP) is 3.75. The fourth-order valence-corrected chi connectivity index (χ4v) is 2.45. The Morgan fingerprint density at radius 3 is 2.46 bits per heavy atom. The highest BCUT2D eigenvalue weighted by Crippen LogP contribution is 2.21. The summed E-state index contributed by atoms with van der Waals surface area (Å²) in [7, 11) is 1.53. The number of carbonyl (C=O) groups is 2. The van der Waals surface area contributed by atoms with Gasteiger partial charge in [0.2, 0.25) is 0 Å². The Kier molecular flexibility index (Phi) is 6.21. The Morgan fingerprint density at radius 1 is 1.12 bits per heavy atom. The number of rotatable bonds is 5. The van der Waals surface area contributed by atoms with E-state index in [0.29, 0.717) is 29.4 Å². The van der Waals surface area contributed by atoms with E-state index in [1.54, 1.807) is 23.1 Å². The molecular formula is C18H20ClN3O2. The lowest BCUT2D eigenvalue weighted by atomic mass is 10.2. The smallest absolute Gasteiger partial charge is 0.322 e. The number of amides is 3. The Hall–Kier alpha value is -2.53. The molecule has 0 aliphatic carbocycles. The molecule has 0 atom stereocenters. The lowest BCUT2D eigenvalue weighted by Gasteiger charge is -2.21. The van der Waals surface area contributed by atoms with Gasteiger partial charge in [-0.15, -0.1) is 0 Å². The normalized spacial score (nSPS) is 10.1. The number of halogens is 1. The Morgan fingerprint density at radius 2 is 1.83 bits per heavy atom. The first-order chi connectivity index (χ1) is 11.5. The molecule has 0 bridgehead atoms. The third kappa shape index (κ3) is 4.49. The highest BCUT2D eigenvalue weighted by atomic mass is 35.5. The minimum atomic E-state index is -0.298. The predicted molar refractivity (Wildman–Crippen MR) is 96.4 cm³/mol.